The molecule has 0 fully saturated rings. The normalized spacial score (nSPS) is 12.4. The van der Waals surface area contributed by atoms with Gasteiger partial charge in [-0.2, -0.15) is 5.10 Å². The maximum absolute atomic E-state index is 12.4. The van der Waals surface area contributed by atoms with Crippen molar-refractivity contribution >= 4 is 28.4 Å². The molecule has 1 heterocycles. The summed E-state index contributed by atoms with van der Waals surface area (Å²) in [6.45, 7) is 3.49. The third-order valence-electron chi connectivity index (χ3n) is 3.23. The highest BCUT2D eigenvalue weighted by atomic mass is 35.5. The van der Waals surface area contributed by atoms with E-state index in [9.17, 15) is 9.00 Å². The van der Waals surface area contributed by atoms with E-state index in [2.05, 4.69) is 5.10 Å². The SMILES string of the molecule is Cc1ccc(S(=O)Cc2c(Cl)c(C)nn2C)cc1C(=O)O. The van der Waals surface area contributed by atoms with Crippen LogP contribution in [0, 0.1) is 13.8 Å². The zero-order valence-electron chi connectivity index (χ0n) is 11.9. The fourth-order valence-corrected chi connectivity index (χ4v) is 3.54. The first-order valence-electron chi connectivity index (χ1n) is 6.21. The summed E-state index contributed by atoms with van der Waals surface area (Å²) in [7, 11) is 0.354. The summed E-state index contributed by atoms with van der Waals surface area (Å²) in [5, 5.41) is 13.8. The van der Waals surface area contributed by atoms with Gasteiger partial charge >= 0.3 is 5.97 Å². The van der Waals surface area contributed by atoms with Crippen LogP contribution in [0.3, 0.4) is 0 Å². The van der Waals surface area contributed by atoms with E-state index >= 15 is 0 Å². The van der Waals surface area contributed by atoms with Crippen LogP contribution < -0.4 is 0 Å². The Bertz CT molecular complexity index is 740. The third kappa shape index (κ3) is 3.16. The number of carboxylic acid groups (broad SMARTS) is 1. The summed E-state index contributed by atoms with van der Waals surface area (Å²) in [6, 6.07) is 4.78. The Morgan fingerprint density at radius 2 is 2.10 bits per heavy atom. The highest BCUT2D eigenvalue weighted by molar-refractivity contribution is 7.84. The molecular formula is C14H15ClN2O3S. The molecule has 2 aromatic rings. The average Bonchev–Trinajstić information content (AvgIpc) is 2.65. The summed E-state index contributed by atoms with van der Waals surface area (Å²) in [6.07, 6.45) is 0. The molecule has 0 spiro atoms. The van der Waals surface area contributed by atoms with Crippen LogP contribution >= 0.6 is 11.6 Å². The Morgan fingerprint density at radius 3 is 2.62 bits per heavy atom. The average molecular weight is 327 g/mol. The number of aromatic carboxylic acids is 1. The number of halogens is 1. The van der Waals surface area contributed by atoms with Crippen molar-refractivity contribution in [3.8, 4) is 0 Å². The van der Waals surface area contributed by atoms with E-state index in [0.29, 0.717) is 26.9 Å². The second-order valence-corrected chi connectivity index (χ2v) is 6.57. The van der Waals surface area contributed by atoms with Crippen molar-refractivity contribution in [1.29, 1.82) is 0 Å². The van der Waals surface area contributed by atoms with Gasteiger partial charge in [-0.25, -0.2) is 4.79 Å². The summed E-state index contributed by atoms with van der Waals surface area (Å²) in [4.78, 5) is 11.6. The van der Waals surface area contributed by atoms with Crippen LogP contribution in [0.2, 0.25) is 5.02 Å². The molecule has 1 N–H and O–H groups in total. The van der Waals surface area contributed by atoms with E-state index in [-0.39, 0.29) is 11.3 Å². The van der Waals surface area contributed by atoms with Crippen LogP contribution in [0.1, 0.15) is 27.3 Å². The number of aromatic nitrogens is 2. The van der Waals surface area contributed by atoms with E-state index in [1.807, 2.05) is 0 Å². The number of hydrogen-bond donors (Lipinski definition) is 1. The lowest BCUT2D eigenvalue weighted by Crippen LogP contribution is -2.06. The maximum Gasteiger partial charge on any atom is 0.335 e. The first-order chi connectivity index (χ1) is 9.81. The molecule has 112 valence electrons. The van der Waals surface area contributed by atoms with E-state index in [0.717, 1.165) is 0 Å². The maximum atomic E-state index is 12.4. The molecule has 0 radical (unpaired) electrons. The minimum atomic E-state index is -1.39. The van der Waals surface area contributed by atoms with Crippen LogP contribution in [0.15, 0.2) is 23.1 Å². The molecule has 0 aliphatic heterocycles. The molecule has 1 atom stereocenters. The smallest absolute Gasteiger partial charge is 0.335 e. The molecule has 5 nitrogen and oxygen atoms in total. The minimum absolute atomic E-state index is 0.160. The second kappa shape index (κ2) is 5.99. The van der Waals surface area contributed by atoms with Gasteiger partial charge in [0, 0.05) is 11.9 Å². The molecule has 0 aliphatic carbocycles. The zero-order chi connectivity index (χ0) is 15.7. The number of benzene rings is 1. The number of carbonyl (C=O) groups is 1. The molecular weight excluding hydrogens is 312 g/mol. The lowest BCUT2D eigenvalue weighted by Gasteiger charge is -2.07. The Balaban J connectivity index is 2.33. The molecule has 0 saturated carbocycles. The van der Waals surface area contributed by atoms with Crippen LogP contribution in [-0.2, 0) is 23.6 Å². The minimum Gasteiger partial charge on any atom is -0.478 e. The fraction of sp³-hybridized carbons (Fsp3) is 0.286. The second-order valence-electron chi connectivity index (χ2n) is 4.74. The quantitative estimate of drug-likeness (QED) is 0.937. The van der Waals surface area contributed by atoms with Gasteiger partial charge in [-0.05, 0) is 31.5 Å². The lowest BCUT2D eigenvalue weighted by molar-refractivity contribution is 0.0696. The van der Waals surface area contributed by atoms with E-state index in [1.165, 1.54) is 6.07 Å². The van der Waals surface area contributed by atoms with Crippen LogP contribution in [-0.4, -0.2) is 25.1 Å². The predicted molar refractivity (Wildman–Crippen MR) is 81.2 cm³/mol. The molecule has 1 aromatic heterocycles. The van der Waals surface area contributed by atoms with Gasteiger partial charge in [0.2, 0.25) is 0 Å². The largest absolute Gasteiger partial charge is 0.478 e. The van der Waals surface area contributed by atoms with Gasteiger partial charge in [0.25, 0.3) is 0 Å². The standard InChI is InChI=1S/C14H15ClN2O3S/c1-8-4-5-10(6-11(8)14(18)19)21(20)7-12-13(15)9(2)16-17(12)3/h4-6H,7H2,1-3H3,(H,18,19). The highest BCUT2D eigenvalue weighted by Gasteiger charge is 2.17. The van der Waals surface area contributed by atoms with Crippen molar-refractivity contribution in [3.63, 3.8) is 0 Å². The Hall–Kier alpha value is -1.66. The molecule has 7 heteroatoms. The van der Waals surface area contributed by atoms with Crippen molar-refractivity contribution in [2.75, 3.05) is 0 Å². The molecule has 0 amide bonds. The summed E-state index contributed by atoms with van der Waals surface area (Å²) < 4.78 is 14.0. The zero-order valence-corrected chi connectivity index (χ0v) is 13.5. The predicted octanol–water partition coefficient (Wildman–Crippen LogP) is 2.70. The van der Waals surface area contributed by atoms with Crippen molar-refractivity contribution in [2.45, 2.75) is 24.5 Å². The Morgan fingerprint density at radius 1 is 1.43 bits per heavy atom. The van der Waals surface area contributed by atoms with Crippen molar-refractivity contribution in [3.05, 3.63) is 45.7 Å². The molecule has 1 aromatic carbocycles. The Labute approximate surface area is 130 Å². The van der Waals surface area contributed by atoms with Crippen molar-refractivity contribution < 1.29 is 14.1 Å². The number of nitrogens with zero attached hydrogens (tertiary/aromatic N) is 2. The van der Waals surface area contributed by atoms with Gasteiger partial charge in [-0.15, -0.1) is 0 Å². The first-order valence-corrected chi connectivity index (χ1v) is 7.91. The van der Waals surface area contributed by atoms with Gasteiger partial charge in [-0.1, -0.05) is 17.7 Å². The van der Waals surface area contributed by atoms with Gasteiger partial charge < -0.3 is 5.11 Å². The number of rotatable bonds is 4. The highest BCUT2D eigenvalue weighted by Crippen LogP contribution is 2.23. The van der Waals surface area contributed by atoms with Crippen molar-refractivity contribution in [2.24, 2.45) is 7.05 Å². The molecule has 0 aliphatic rings. The number of carboxylic acids is 1. The summed E-state index contributed by atoms with van der Waals surface area (Å²) in [5.41, 5.74) is 2.15. The van der Waals surface area contributed by atoms with Gasteiger partial charge in [0.15, 0.2) is 0 Å². The van der Waals surface area contributed by atoms with Crippen LogP contribution in [0.4, 0.5) is 0 Å². The van der Waals surface area contributed by atoms with Gasteiger partial charge in [0.1, 0.15) is 0 Å². The molecule has 1 unspecified atom stereocenters. The Kier molecular flexibility index (Phi) is 4.49. The topological polar surface area (TPSA) is 72.2 Å². The summed E-state index contributed by atoms with van der Waals surface area (Å²) in [5.74, 6) is -0.834. The molecule has 2 rings (SSSR count). The molecule has 0 bridgehead atoms. The summed E-state index contributed by atoms with van der Waals surface area (Å²) >= 11 is 6.14. The van der Waals surface area contributed by atoms with Gasteiger partial charge in [-0.3, -0.25) is 8.89 Å². The van der Waals surface area contributed by atoms with Gasteiger partial charge in [0.05, 0.1) is 38.5 Å². The van der Waals surface area contributed by atoms with Crippen LogP contribution in [0.5, 0.6) is 0 Å². The lowest BCUT2D eigenvalue weighted by atomic mass is 10.1. The first kappa shape index (κ1) is 15.7. The molecule has 0 saturated heterocycles. The van der Waals surface area contributed by atoms with E-state index < -0.39 is 16.8 Å². The fourth-order valence-electron chi connectivity index (χ4n) is 2.02. The number of aryl methyl sites for hydroxylation is 3. The molecule has 21 heavy (non-hydrogen) atoms. The monoisotopic (exact) mass is 326 g/mol. The van der Waals surface area contributed by atoms with E-state index in [4.69, 9.17) is 16.7 Å². The third-order valence-corrected chi connectivity index (χ3v) is 5.04. The number of hydrogen-bond acceptors (Lipinski definition) is 3. The van der Waals surface area contributed by atoms with Crippen molar-refractivity contribution in [1.82, 2.24) is 9.78 Å². The van der Waals surface area contributed by atoms with E-state index in [1.54, 1.807) is 37.7 Å². The van der Waals surface area contributed by atoms with Crippen LogP contribution in [0.25, 0.3) is 0 Å².